The molecule has 0 unspecified atom stereocenters. The van der Waals surface area contributed by atoms with Crippen LogP contribution in [0.2, 0.25) is 0 Å². The highest BCUT2D eigenvalue weighted by molar-refractivity contribution is 5.78. The van der Waals surface area contributed by atoms with Crippen LogP contribution in [0.1, 0.15) is 25.7 Å². The van der Waals surface area contributed by atoms with Crippen LogP contribution < -0.4 is 16.0 Å². The molecule has 19 heavy (non-hydrogen) atoms. The predicted octanol–water partition coefficient (Wildman–Crippen LogP) is 1.89. The first-order chi connectivity index (χ1) is 9.08. The number of hydrogen-bond donors (Lipinski definition) is 2. The molecule has 1 aromatic carbocycles. The van der Waals surface area contributed by atoms with Gasteiger partial charge in [-0.3, -0.25) is 10.2 Å². The third-order valence-electron chi connectivity index (χ3n) is 3.33. The molecule has 1 saturated carbocycles. The van der Waals surface area contributed by atoms with Crippen molar-refractivity contribution in [3.8, 4) is 5.75 Å². The average molecular weight is 270 g/mol. The van der Waals surface area contributed by atoms with E-state index in [1.165, 1.54) is 0 Å². The Balaban J connectivity index is 1.90. The first-order valence-corrected chi connectivity index (χ1v) is 6.21. The molecule has 1 fully saturated rings. The van der Waals surface area contributed by atoms with E-state index in [2.05, 4.69) is 5.43 Å². The third-order valence-corrected chi connectivity index (χ3v) is 3.33. The fourth-order valence-corrected chi connectivity index (χ4v) is 2.35. The van der Waals surface area contributed by atoms with E-state index in [1.54, 1.807) is 0 Å². The Bertz CT molecular complexity index is 440. The molecular weight excluding hydrogens is 254 g/mol. The van der Waals surface area contributed by atoms with Crippen LogP contribution in [0.25, 0.3) is 0 Å². The van der Waals surface area contributed by atoms with Gasteiger partial charge in [-0.1, -0.05) is 0 Å². The summed E-state index contributed by atoms with van der Waals surface area (Å²) in [5, 5.41) is 0. The third kappa shape index (κ3) is 3.64. The Morgan fingerprint density at radius 2 is 1.74 bits per heavy atom. The molecule has 0 aromatic heterocycles. The molecule has 6 heteroatoms. The van der Waals surface area contributed by atoms with E-state index in [4.69, 9.17) is 10.6 Å². The van der Waals surface area contributed by atoms with Crippen LogP contribution in [0.15, 0.2) is 18.2 Å². The highest BCUT2D eigenvalue weighted by Gasteiger charge is 2.26. The zero-order chi connectivity index (χ0) is 13.8. The Hall–Kier alpha value is -1.69. The van der Waals surface area contributed by atoms with Gasteiger partial charge in [0.05, 0.1) is 6.10 Å². The Morgan fingerprint density at radius 3 is 2.26 bits per heavy atom. The van der Waals surface area contributed by atoms with Gasteiger partial charge in [-0.15, -0.1) is 0 Å². The number of halogens is 2. The number of nitrogens with two attached hydrogens (primary N) is 1. The molecule has 0 saturated heterocycles. The van der Waals surface area contributed by atoms with Crippen LogP contribution in [-0.4, -0.2) is 12.0 Å². The molecule has 0 spiro atoms. The molecule has 0 heterocycles. The largest absolute Gasteiger partial charge is 0.490 e. The van der Waals surface area contributed by atoms with Crippen molar-refractivity contribution in [2.24, 2.45) is 11.8 Å². The van der Waals surface area contributed by atoms with Gasteiger partial charge < -0.3 is 4.74 Å². The molecule has 1 aliphatic carbocycles. The Morgan fingerprint density at radius 1 is 1.16 bits per heavy atom. The van der Waals surface area contributed by atoms with Crippen LogP contribution in [0, 0.1) is 17.6 Å². The van der Waals surface area contributed by atoms with Crippen molar-refractivity contribution in [3.05, 3.63) is 29.8 Å². The number of amides is 1. The van der Waals surface area contributed by atoms with Crippen molar-refractivity contribution in [1.82, 2.24) is 5.43 Å². The summed E-state index contributed by atoms with van der Waals surface area (Å²) in [6.07, 6.45) is 2.52. The molecule has 1 amide bonds. The van der Waals surface area contributed by atoms with Crippen LogP contribution in [0.4, 0.5) is 8.78 Å². The smallest absolute Gasteiger partial charge is 0.236 e. The van der Waals surface area contributed by atoms with E-state index in [0.29, 0.717) is 25.7 Å². The fourth-order valence-electron chi connectivity index (χ4n) is 2.35. The van der Waals surface area contributed by atoms with Crippen LogP contribution in [0.5, 0.6) is 5.75 Å². The number of hydrogen-bond acceptors (Lipinski definition) is 3. The minimum absolute atomic E-state index is 0.103. The summed E-state index contributed by atoms with van der Waals surface area (Å²) in [7, 11) is 0. The van der Waals surface area contributed by atoms with Crippen molar-refractivity contribution in [3.63, 3.8) is 0 Å². The highest BCUT2D eigenvalue weighted by Crippen LogP contribution is 2.28. The number of carbonyl (C=O) groups excluding carboxylic acids is 1. The van der Waals surface area contributed by atoms with E-state index in [0.717, 1.165) is 18.2 Å². The number of nitrogens with one attached hydrogen (secondary N) is 1. The van der Waals surface area contributed by atoms with Crippen LogP contribution in [0.3, 0.4) is 0 Å². The summed E-state index contributed by atoms with van der Waals surface area (Å²) in [4.78, 5) is 11.3. The van der Waals surface area contributed by atoms with Crippen molar-refractivity contribution in [1.29, 1.82) is 0 Å². The van der Waals surface area contributed by atoms with Gasteiger partial charge in [0, 0.05) is 24.1 Å². The van der Waals surface area contributed by atoms with Crippen LogP contribution in [-0.2, 0) is 4.79 Å². The minimum atomic E-state index is -0.661. The average Bonchev–Trinajstić information content (AvgIpc) is 2.37. The van der Waals surface area contributed by atoms with Gasteiger partial charge >= 0.3 is 0 Å². The first-order valence-electron chi connectivity index (χ1n) is 6.21. The molecule has 1 aliphatic rings. The first kappa shape index (κ1) is 13.7. The van der Waals surface area contributed by atoms with Crippen molar-refractivity contribution < 1.29 is 18.3 Å². The zero-order valence-corrected chi connectivity index (χ0v) is 10.4. The van der Waals surface area contributed by atoms with Crippen molar-refractivity contribution in [2.75, 3.05) is 0 Å². The molecular formula is C13H16F2N2O2. The normalized spacial score (nSPS) is 22.9. The molecule has 104 valence electrons. The molecule has 1 aromatic rings. The summed E-state index contributed by atoms with van der Waals surface area (Å²) in [5.41, 5.74) is 2.14. The predicted molar refractivity (Wildman–Crippen MR) is 65.1 cm³/mol. The maximum Gasteiger partial charge on any atom is 0.236 e. The van der Waals surface area contributed by atoms with Gasteiger partial charge in [0.15, 0.2) is 0 Å². The number of hydrazine groups is 1. The van der Waals surface area contributed by atoms with E-state index in [9.17, 15) is 13.6 Å². The summed E-state index contributed by atoms with van der Waals surface area (Å²) < 4.78 is 31.6. The second kappa shape index (κ2) is 5.97. The lowest BCUT2D eigenvalue weighted by Gasteiger charge is -2.27. The topological polar surface area (TPSA) is 64.3 Å². The molecule has 0 atom stereocenters. The van der Waals surface area contributed by atoms with E-state index < -0.39 is 11.6 Å². The van der Waals surface area contributed by atoms with Gasteiger partial charge in [0.25, 0.3) is 0 Å². The zero-order valence-electron chi connectivity index (χ0n) is 10.4. The van der Waals surface area contributed by atoms with Crippen molar-refractivity contribution >= 4 is 5.91 Å². The standard InChI is InChI=1S/C13H16F2N2O2/c14-9-5-10(15)7-12(6-9)19-11-3-1-8(2-4-11)13(18)17-16/h5-8,11H,1-4,16H2,(H,17,18). The number of rotatable bonds is 3. The lowest BCUT2D eigenvalue weighted by molar-refractivity contribution is -0.126. The molecule has 0 aliphatic heterocycles. The lowest BCUT2D eigenvalue weighted by atomic mass is 9.87. The summed E-state index contributed by atoms with van der Waals surface area (Å²) in [5.74, 6) is 3.67. The SMILES string of the molecule is NNC(=O)C1CCC(Oc2cc(F)cc(F)c2)CC1. The molecule has 4 nitrogen and oxygen atoms in total. The minimum Gasteiger partial charge on any atom is -0.490 e. The van der Waals surface area contributed by atoms with Crippen LogP contribution >= 0.6 is 0 Å². The second-order valence-electron chi connectivity index (χ2n) is 4.71. The molecule has 3 N–H and O–H groups in total. The molecule has 2 rings (SSSR count). The monoisotopic (exact) mass is 270 g/mol. The maximum atomic E-state index is 13.0. The van der Waals surface area contributed by atoms with Gasteiger partial charge in [0.2, 0.25) is 5.91 Å². The van der Waals surface area contributed by atoms with Gasteiger partial charge in [-0.05, 0) is 25.7 Å². The number of carbonyl (C=O) groups is 1. The molecule has 0 radical (unpaired) electrons. The quantitative estimate of drug-likeness (QED) is 0.501. The number of ether oxygens (including phenoxy) is 1. The molecule has 0 bridgehead atoms. The van der Waals surface area contributed by atoms with Gasteiger partial charge in [-0.2, -0.15) is 0 Å². The van der Waals surface area contributed by atoms with Crippen molar-refractivity contribution in [2.45, 2.75) is 31.8 Å². The Labute approximate surface area is 109 Å². The summed E-state index contributed by atoms with van der Waals surface area (Å²) >= 11 is 0. The van der Waals surface area contributed by atoms with E-state index in [-0.39, 0.29) is 23.7 Å². The highest BCUT2D eigenvalue weighted by atomic mass is 19.1. The summed E-state index contributed by atoms with van der Waals surface area (Å²) in [6.45, 7) is 0. The van der Waals surface area contributed by atoms with Gasteiger partial charge in [0.1, 0.15) is 17.4 Å². The Kier molecular flexibility index (Phi) is 4.31. The van der Waals surface area contributed by atoms with E-state index >= 15 is 0 Å². The fraction of sp³-hybridized carbons (Fsp3) is 0.462. The maximum absolute atomic E-state index is 13.0. The van der Waals surface area contributed by atoms with E-state index in [1.807, 2.05) is 0 Å². The lowest BCUT2D eigenvalue weighted by Crippen LogP contribution is -2.38. The second-order valence-corrected chi connectivity index (χ2v) is 4.71. The summed E-state index contributed by atoms with van der Waals surface area (Å²) in [6, 6.07) is 3.11. The van der Waals surface area contributed by atoms with Gasteiger partial charge in [-0.25, -0.2) is 14.6 Å². The number of benzene rings is 1.